The van der Waals surface area contributed by atoms with Crippen LogP contribution in [0.1, 0.15) is 11.1 Å². The molecule has 0 bridgehead atoms. The average molecular weight is 455 g/mol. The SMILES string of the molecule is N#Cc1cc(S(=O)(=O)Nc2ccc(F)cn2)ccc1Oc1ccc(F)c(C(F)(F)F)c1. The maximum Gasteiger partial charge on any atom is 0.419 e. The summed E-state index contributed by atoms with van der Waals surface area (Å²) in [4.78, 5) is 3.19. The Morgan fingerprint density at radius 2 is 1.77 bits per heavy atom. The third kappa shape index (κ3) is 5.07. The van der Waals surface area contributed by atoms with Crippen LogP contribution in [0.15, 0.2) is 59.6 Å². The molecule has 1 aromatic heterocycles. The Kier molecular flexibility index (Phi) is 5.81. The number of nitriles is 1. The van der Waals surface area contributed by atoms with Gasteiger partial charge in [0, 0.05) is 0 Å². The highest BCUT2D eigenvalue weighted by Gasteiger charge is 2.34. The Balaban J connectivity index is 1.90. The maximum absolute atomic E-state index is 13.4. The van der Waals surface area contributed by atoms with Gasteiger partial charge in [-0.05, 0) is 48.5 Å². The predicted molar refractivity (Wildman–Crippen MR) is 97.6 cm³/mol. The lowest BCUT2D eigenvalue weighted by Gasteiger charge is -2.13. The number of nitrogens with one attached hydrogen (secondary N) is 1. The maximum atomic E-state index is 13.4. The first-order valence-electron chi connectivity index (χ1n) is 8.23. The van der Waals surface area contributed by atoms with Crippen LogP contribution in [0.3, 0.4) is 0 Å². The summed E-state index contributed by atoms with van der Waals surface area (Å²) in [5.41, 5.74) is -1.87. The van der Waals surface area contributed by atoms with Crippen molar-refractivity contribution in [2.24, 2.45) is 0 Å². The first-order valence-corrected chi connectivity index (χ1v) is 9.71. The molecule has 6 nitrogen and oxygen atoms in total. The third-order valence-electron chi connectivity index (χ3n) is 3.82. The molecule has 0 saturated carbocycles. The lowest BCUT2D eigenvalue weighted by atomic mass is 10.2. The summed E-state index contributed by atoms with van der Waals surface area (Å²) in [6, 6.07) is 8.68. The van der Waals surface area contributed by atoms with E-state index < -0.39 is 39.1 Å². The Morgan fingerprint density at radius 3 is 2.39 bits per heavy atom. The van der Waals surface area contributed by atoms with E-state index in [9.17, 15) is 35.6 Å². The number of ether oxygens (including phenoxy) is 1. The first kappa shape index (κ1) is 22.0. The molecule has 2 aromatic carbocycles. The Hall–Kier alpha value is -3.72. The van der Waals surface area contributed by atoms with Crippen molar-refractivity contribution in [2.45, 2.75) is 11.1 Å². The van der Waals surface area contributed by atoms with Gasteiger partial charge in [0.2, 0.25) is 0 Å². The molecule has 0 amide bonds. The second-order valence-corrected chi connectivity index (χ2v) is 7.66. The average Bonchev–Trinajstić information content (AvgIpc) is 2.70. The van der Waals surface area contributed by atoms with Crippen molar-refractivity contribution < 1.29 is 35.1 Å². The fourth-order valence-electron chi connectivity index (χ4n) is 2.40. The van der Waals surface area contributed by atoms with E-state index in [0.717, 1.165) is 42.6 Å². The van der Waals surface area contributed by atoms with E-state index in [1.807, 2.05) is 0 Å². The van der Waals surface area contributed by atoms with Crippen molar-refractivity contribution in [3.8, 4) is 17.6 Å². The molecule has 0 aliphatic carbocycles. The quantitative estimate of drug-likeness (QED) is 0.556. The number of rotatable bonds is 5. The lowest BCUT2D eigenvalue weighted by Crippen LogP contribution is -2.14. The van der Waals surface area contributed by atoms with Crippen LogP contribution in [-0.2, 0) is 16.2 Å². The van der Waals surface area contributed by atoms with Gasteiger partial charge in [-0.25, -0.2) is 22.2 Å². The topological polar surface area (TPSA) is 92.1 Å². The normalized spacial score (nSPS) is 11.6. The van der Waals surface area contributed by atoms with Crippen molar-refractivity contribution in [1.29, 1.82) is 5.26 Å². The number of nitrogens with zero attached hydrogens (tertiary/aromatic N) is 2. The molecule has 31 heavy (non-hydrogen) atoms. The highest BCUT2D eigenvalue weighted by atomic mass is 32.2. The second-order valence-electron chi connectivity index (χ2n) is 5.98. The zero-order valence-corrected chi connectivity index (χ0v) is 15.9. The monoisotopic (exact) mass is 455 g/mol. The number of alkyl halides is 3. The summed E-state index contributed by atoms with van der Waals surface area (Å²) >= 11 is 0. The number of halogens is 5. The Labute approximate surface area is 172 Å². The number of aromatic nitrogens is 1. The van der Waals surface area contributed by atoms with Gasteiger partial charge in [-0.3, -0.25) is 4.72 Å². The van der Waals surface area contributed by atoms with Crippen LogP contribution in [0.4, 0.5) is 27.8 Å². The van der Waals surface area contributed by atoms with Gasteiger partial charge in [-0.1, -0.05) is 0 Å². The van der Waals surface area contributed by atoms with Gasteiger partial charge in [0.1, 0.15) is 35.0 Å². The summed E-state index contributed by atoms with van der Waals surface area (Å²) in [6.07, 6.45) is -4.16. The van der Waals surface area contributed by atoms with Crippen LogP contribution in [0.5, 0.6) is 11.5 Å². The van der Waals surface area contributed by atoms with Gasteiger partial charge in [0.15, 0.2) is 0 Å². The fourth-order valence-corrected chi connectivity index (χ4v) is 3.43. The van der Waals surface area contributed by atoms with Crippen molar-refractivity contribution in [3.63, 3.8) is 0 Å². The van der Waals surface area contributed by atoms with Crippen LogP contribution < -0.4 is 9.46 Å². The molecule has 3 aromatic rings. The number of pyridine rings is 1. The number of hydrogen-bond donors (Lipinski definition) is 1. The van der Waals surface area contributed by atoms with E-state index >= 15 is 0 Å². The molecule has 3 rings (SSSR count). The molecule has 1 N–H and O–H groups in total. The predicted octanol–water partition coefficient (Wildman–Crippen LogP) is 4.84. The molecule has 0 aliphatic heterocycles. The zero-order chi connectivity index (χ0) is 22.8. The Bertz CT molecular complexity index is 1270. The van der Waals surface area contributed by atoms with Crippen LogP contribution in [0.25, 0.3) is 0 Å². The highest BCUT2D eigenvalue weighted by Crippen LogP contribution is 2.35. The molecule has 160 valence electrons. The Morgan fingerprint density at radius 1 is 1.03 bits per heavy atom. The summed E-state index contributed by atoms with van der Waals surface area (Å²) in [5.74, 6) is -3.00. The largest absolute Gasteiger partial charge is 0.456 e. The molecule has 0 atom stereocenters. The summed E-state index contributed by atoms with van der Waals surface area (Å²) in [5, 5.41) is 9.30. The number of anilines is 1. The van der Waals surface area contributed by atoms with Gasteiger partial charge < -0.3 is 4.74 Å². The lowest BCUT2D eigenvalue weighted by molar-refractivity contribution is -0.140. The first-order chi connectivity index (χ1) is 14.5. The second kappa shape index (κ2) is 8.19. The van der Waals surface area contributed by atoms with E-state index in [4.69, 9.17) is 4.74 Å². The van der Waals surface area contributed by atoms with Crippen LogP contribution in [-0.4, -0.2) is 13.4 Å². The molecular weight excluding hydrogens is 445 g/mol. The molecule has 0 aliphatic rings. The van der Waals surface area contributed by atoms with Gasteiger partial charge >= 0.3 is 6.18 Å². The van der Waals surface area contributed by atoms with Crippen molar-refractivity contribution in [2.75, 3.05) is 4.72 Å². The fraction of sp³-hybridized carbons (Fsp3) is 0.0526. The van der Waals surface area contributed by atoms with Crippen LogP contribution >= 0.6 is 0 Å². The van der Waals surface area contributed by atoms with Crippen LogP contribution in [0.2, 0.25) is 0 Å². The third-order valence-corrected chi connectivity index (χ3v) is 5.17. The van der Waals surface area contributed by atoms with Gasteiger partial charge in [0.25, 0.3) is 10.0 Å². The van der Waals surface area contributed by atoms with E-state index in [0.29, 0.717) is 12.1 Å². The molecule has 1 heterocycles. The number of sulfonamides is 1. The minimum atomic E-state index is -4.96. The zero-order valence-electron chi connectivity index (χ0n) is 15.1. The van der Waals surface area contributed by atoms with Gasteiger partial charge in [-0.2, -0.15) is 18.4 Å². The molecule has 12 heteroatoms. The summed E-state index contributed by atoms with van der Waals surface area (Å²) in [6.45, 7) is 0. The van der Waals surface area contributed by atoms with Crippen molar-refractivity contribution >= 4 is 15.8 Å². The van der Waals surface area contributed by atoms with Gasteiger partial charge in [-0.15, -0.1) is 0 Å². The van der Waals surface area contributed by atoms with Crippen molar-refractivity contribution in [3.05, 3.63) is 77.5 Å². The van der Waals surface area contributed by atoms with Gasteiger partial charge in [0.05, 0.1) is 22.2 Å². The van der Waals surface area contributed by atoms with Crippen LogP contribution in [0, 0.1) is 23.0 Å². The number of benzene rings is 2. The molecule has 0 radical (unpaired) electrons. The standard InChI is InChI=1S/C19H10F5N3O3S/c20-12-1-6-18(26-10-12)27-31(28,29)14-3-5-17(11(7-14)9-25)30-13-2-4-16(21)15(8-13)19(22,23)24/h1-8,10H,(H,26,27). The van der Waals surface area contributed by atoms with Crippen molar-refractivity contribution in [1.82, 2.24) is 4.98 Å². The molecule has 0 unspecified atom stereocenters. The van der Waals surface area contributed by atoms with E-state index in [1.165, 1.54) is 0 Å². The summed E-state index contributed by atoms with van der Waals surface area (Å²) < 4.78 is 97.1. The van der Waals surface area contributed by atoms with E-state index in [-0.39, 0.29) is 22.0 Å². The highest BCUT2D eigenvalue weighted by molar-refractivity contribution is 7.92. The molecule has 0 spiro atoms. The van der Waals surface area contributed by atoms with E-state index in [2.05, 4.69) is 9.71 Å². The molecule has 0 saturated heterocycles. The van der Waals surface area contributed by atoms with E-state index in [1.54, 1.807) is 6.07 Å². The minimum absolute atomic E-state index is 0.175. The number of hydrogen-bond acceptors (Lipinski definition) is 5. The smallest absolute Gasteiger partial charge is 0.419 e. The molecular formula is C19H10F5N3O3S. The molecule has 0 fully saturated rings. The summed E-state index contributed by atoms with van der Waals surface area (Å²) in [7, 11) is -4.22. The minimum Gasteiger partial charge on any atom is -0.456 e.